The Morgan fingerprint density at radius 1 is 1.38 bits per heavy atom. The molecule has 1 atom stereocenters. The molecule has 0 radical (unpaired) electrons. The summed E-state index contributed by atoms with van der Waals surface area (Å²) in [6.07, 6.45) is 6.27. The fraction of sp³-hybridized carbons (Fsp3) is 0.688. The Kier molecular flexibility index (Phi) is 5.15. The Balaban J connectivity index is 2.33. The summed E-state index contributed by atoms with van der Waals surface area (Å²) in [5, 5.41) is 3.04. The van der Waals surface area contributed by atoms with Crippen LogP contribution in [-0.4, -0.2) is 40.4 Å². The smallest absolute Gasteiger partial charge is 0.274 e. The third-order valence-electron chi connectivity index (χ3n) is 4.11. The fourth-order valence-corrected chi connectivity index (χ4v) is 2.73. The zero-order chi connectivity index (χ0) is 15.4. The van der Waals surface area contributed by atoms with E-state index >= 15 is 0 Å². The molecule has 1 aliphatic heterocycles. The van der Waals surface area contributed by atoms with Crippen LogP contribution < -0.4 is 5.32 Å². The predicted molar refractivity (Wildman–Crippen MR) is 84.6 cm³/mol. The van der Waals surface area contributed by atoms with Gasteiger partial charge in [-0.3, -0.25) is 4.79 Å². The second-order valence-corrected chi connectivity index (χ2v) is 6.09. The first-order valence-corrected chi connectivity index (χ1v) is 7.90. The summed E-state index contributed by atoms with van der Waals surface area (Å²) in [6.45, 7) is 7.03. The zero-order valence-electron chi connectivity index (χ0n) is 13.5. The van der Waals surface area contributed by atoms with Crippen molar-refractivity contribution in [2.45, 2.75) is 58.4 Å². The van der Waals surface area contributed by atoms with E-state index in [2.05, 4.69) is 22.2 Å². The van der Waals surface area contributed by atoms with Crippen molar-refractivity contribution in [2.24, 2.45) is 0 Å². The lowest BCUT2D eigenvalue weighted by atomic mass is 10.1. The minimum absolute atomic E-state index is 0.0260. The average molecular weight is 290 g/mol. The summed E-state index contributed by atoms with van der Waals surface area (Å²) in [5.74, 6) is 0.960. The molecule has 1 N–H and O–H groups in total. The Hall–Kier alpha value is -1.65. The van der Waals surface area contributed by atoms with Crippen LogP contribution >= 0.6 is 0 Å². The van der Waals surface area contributed by atoms with Crippen LogP contribution in [0.15, 0.2) is 6.20 Å². The first-order valence-electron chi connectivity index (χ1n) is 7.90. The molecule has 1 unspecified atom stereocenters. The molecule has 0 aliphatic carbocycles. The Labute approximate surface area is 127 Å². The standard InChI is InChI=1S/C16H26N4O/c1-11(2)15-18-10-13(17-4)14(19-15)16(21)20-9-7-5-6-8-12(20)3/h10-12,17H,5-9H2,1-4H3. The highest BCUT2D eigenvalue weighted by atomic mass is 16.2. The van der Waals surface area contributed by atoms with Crippen LogP contribution in [0.5, 0.6) is 0 Å². The van der Waals surface area contributed by atoms with Gasteiger partial charge in [-0.05, 0) is 19.8 Å². The molecule has 1 aliphatic rings. The van der Waals surface area contributed by atoms with Crippen LogP contribution in [0.25, 0.3) is 0 Å². The number of rotatable bonds is 3. The summed E-state index contributed by atoms with van der Waals surface area (Å²) >= 11 is 0. The number of hydrogen-bond acceptors (Lipinski definition) is 4. The number of amides is 1. The molecule has 1 fully saturated rings. The lowest BCUT2D eigenvalue weighted by Gasteiger charge is -2.27. The van der Waals surface area contributed by atoms with Crippen molar-refractivity contribution in [1.82, 2.24) is 14.9 Å². The largest absolute Gasteiger partial charge is 0.385 e. The van der Waals surface area contributed by atoms with E-state index in [1.54, 1.807) is 13.2 Å². The first kappa shape index (κ1) is 15.7. The van der Waals surface area contributed by atoms with E-state index in [4.69, 9.17) is 0 Å². The van der Waals surface area contributed by atoms with Gasteiger partial charge < -0.3 is 10.2 Å². The van der Waals surface area contributed by atoms with Gasteiger partial charge in [0.25, 0.3) is 5.91 Å². The third-order valence-corrected chi connectivity index (χ3v) is 4.11. The molecule has 1 saturated heterocycles. The zero-order valence-corrected chi connectivity index (χ0v) is 13.5. The van der Waals surface area contributed by atoms with Crippen LogP contribution in [0.4, 0.5) is 5.69 Å². The molecule has 0 spiro atoms. The maximum absolute atomic E-state index is 12.9. The van der Waals surface area contributed by atoms with Crippen molar-refractivity contribution in [3.63, 3.8) is 0 Å². The quantitative estimate of drug-likeness (QED) is 0.929. The minimum Gasteiger partial charge on any atom is -0.385 e. The summed E-state index contributed by atoms with van der Waals surface area (Å²) in [5.41, 5.74) is 1.21. The molecule has 116 valence electrons. The van der Waals surface area contributed by atoms with Gasteiger partial charge in [0.1, 0.15) is 5.82 Å². The van der Waals surface area contributed by atoms with Crippen molar-refractivity contribution in [3.8, 4) is 0 Å². The topological polar surface area (TPSA) is 58.1 Å². The molecular formula is C16H26N4O. The molecule has 0 saturated carbocycles. The number of hydrogen-bond donors (Lipinski definition) is 1. The van der Waals surface area contributed by atoms with Crippen LogP contribution in [0.3, 0.4) is 0 Å². The van der Waals surface area contributed by atoms with Gasteiger partial charge >= 0.3 is 0 Å². The highest BCUT2D eigenvalue weighted by Gasteiger charge is 2.26. The van der Waals surface area contributed by atoms with E-state index in [-0.39, 0.29) is 17.9 Å². The third kappa shape index (κ3) is 3.52. The predicted octanol–water partition coefficient (Wildman–Crippen LogP) is 3.05. The molecule has 5 heteroatoms. The summed E-state index contributed by atoms with van der Waals surface area (Å²) in [6, 6.07) is 0.280. The molecule has 21 heavy (non-hydrogen) atoms. The van der Waals surface area contributed by atoms with Crippen LogP contribution in [-0.2, 0) is 0 Å². The molecule has 2 heterocycles. The minimum atomic E-state index is 0.0260. The van der Waals surface area contributed by atoms with Crippen LogP contribution in [0.2, 0.25) is 0 Å². The number of anilines is 1. The molecule has 0 aromatic carbocycles. The molecule has 0 bridgehead atoms. The highest BCUT2D eigenvalue weighted by Crippen LogP contribution is 2.22. The van der Waals surface area contributed by atoms with Crippen molar-refractivity contribution < 1.29 is 4.79 Å². The number of carbonyl (C=O) groups excluding carboxylic acids is 1. The van der Waals surface area contributed by atoms with Crippen LogP contribution in [0.1, 0.15) is 68.7 Å². The lowest BCUT2D eigenvalue weighted by Crippen LogP contribution is -2.39. The van der Waals surface area contributed by atoms with Gasteiger partial charge in [0.2, 0.25) is 0 Å². The van der Waals surface area contributed by atoms with E-state index in [0.29, 0.717) is 11.4 Å². The number of nitrogens with zero attached hydrogens (tertiary/aromatic N) is 3. The average Bonchev–Trinajstić information content (AvgIpc) is 2.70. The van der Waals surface area contributed by atoms with Crippen molar-refractivity contribution >= 4 is 11.6 Å². The number of aromatic nitrogens is 2. The van der Waals surface area contributed by atoms with E-state index in [9.17, 15) is 4.79 Å². The number of carbonyl (C=O) groups is 1. The van der Waals surface area contributed by atoms with Gasteiger partial charge in [-0.15, -0.1) is 0 Å². The second kappa shape index (κ2) is 6.87. The Morgan fingerprint density at radius 3 is 2.81 bits per heavy atom. The molecule has 1 aromatic rings. The molecule has 1 aromatic heterocycles. The highest BCUT2D eigenvalue weighted by molar-refractivity contribution is 5.97. The van der Waals surface area contributed by atoms with Gasteiger partial charge in [-0.25, -0.2) is 9.97 Å². The normalized spacial score (nSPS) is 19.5. The summed E-state index contributed by atoms with van der Waals surface area (Å²) in [4.78, 5) is 23.7. The van der Waals surface area contributed by atoms with Crippen molar-refractivity contribution in [1.29, 1.82) is 0 Å². The monoisotopic (exact) mass is 290 g/mol. The van der Waals surface area contributed by atoms with Crippen LogP contribution in [0, 0.1) is 0 Å². The lowest BCUT2D eigenvalue weighted by molar-refractivity contribution is 0.0692. The summed E-state index contributed by atoms with van der Waals surface area (Å²) in [7, 11) is 1.80. The molecule has 5 nitrogen and oxygen atoms in total. The van der Waals surface area contributed by atoms with Gasteiger partial charge in [-0.2, -0.15) is 0 Å². The maximum Gasteiger partial charge on any atom is 0.274 e. The van der Waals surface area contributed by atoms with Gasteiger partial charge in [0, 0.05) is 25.6 Å². The van der Waals surface area contributed by atoms with Gasteiger partial charge in [0.15, 0.2) is 5.69 Å². The number of nitrogens with one attached hydrogen (secondary N) is 1. The summed E-state index contributed by atoms with van der Waals surface area (Å²) < 4.78 is 0. The maximum atomic E-state index is 12.9. The van der Waals surface area contributed by atoms with Gasteiger partial charge in [0.05, 0.1) is 11.9 Å². The van der Waals surface area contributed by atoms with E-state index in [1.807, 2.05) is 18.7 Å². The molecule has 1 amide bonds. The Morgan fingerprint density at radius 2 is 2.14 bits per heavy atom. The fourth-order valence-electron chi connectivity index (χ4n) is 2.73. The molecule has 2 rings (SSSR count). The van der Waals surface area contributed by atoms with Crippen molar-refractivity contribution in [2.75, 3.05) is 18.9 Å². The SMILES string of the molecule is CNc1cnc(C(C)C)nc1C(=O)N1CCCCCC1C. The first-order chi connectivity index (χ1) is 10.0. The van der Waals surface area contributed by atoms with E-state index < -0.39 is 0 Å². The van der Waals surface area contributed by atoms with Crippen molar-refractivity contribution in [3.05, 3.63) is 17.7 Å². The van der Waals surface area contributed by atoms with Gasteiger partial charge in [-0.1, -0.05) is 26.7 Å². The van der Waals surface area contributed by atoms with E-state index in [0.717, 1.165) is 25.2 Å². The van der Waals surface area contributed by atoms with E-state index in [1.165, 1.54) is 12.8 Å². The second-order valence-electron chi connectivity index (χ2n) is 6.09. The Bertz CT molecular complexity index is 501. The number of likely N-dealkylation sites (tertiary alicyclic amines) is 1. The molecular weight excluding hydrogens is 264 g/mol.